The number of hydrogen-bond acceptors (Lipinski definition) is 8. The zero-order valence-electron chi connectivity index (χ0n) is 29.7. The highest BCUT2D eigenvalue weighted by molar-refractivity contribution is 4.93. The van der Waals surface area contributed by atoms with E-state index in [9.17, 15) is 5.11 Å². The maximum absolute atomic E-state index is 9.75. The highest BCUT2D eigenvalue weighted by Gasteiger charge is 2.45. The summed E-state index contributed by atoms with van der Waals surface area (Å²) in [6.07, 6.45) is 15.9. The van der Waals surface area contributed by atoms with Gasteiger partial charge in [-0.15, -0.1) is 0 Å². The standard InChI is InChI=1S/C37H68O8/c1-7-34(8-2,22-30-25-39-30)42-19-17-36(11-5,44-28-32-27-41-32)15-13-14-16-37(12-6,45-33-21-29(33)24-38)18-20-43-35(9-3,10-4)23-31-26-40-31/h29-33,38H,7-28H2,1-6H3. The Hall–Kier alpha value is -0.320. The molecule has 1 N–H and O–H groups in total. The summed E-state index contributed by atoms with van der Waals surface area (Å²) in [4.78, 5) is 0. The largest absolute Gasteiger partial charge is 0.396 e. The summed E-state index contributed by atoms with van der Waals surface area (Å²) in [5.74, 6) is 0.282. The summed E-state index contributed by atoms with van der Waals surface area (Å²) in [7, 11) is 0. The van der Waals surface area contributed by atoms with E-state index < -0.39 is 0 Å². The van der Waals surface area contributed by atoms with Crippen LogP contribution in [0.4, 0.5) is 0 Å². The first-order valence-electron chi connectivity index (χ1n) is 18.8. The van der Waals surface area contributed by atoms with E-state index in [1.54, 1.807) is 0 Å². The Morgan fingerprint density at radius 3 is 1.42 bits per heavy atom. The normalized spacial score (nSPS) is 28.5. The van der Waals surface area contributed by atoms with Gasteiger partial charge in [0.25, 0.3) is 0 Å². The van der Waals surface area contributed by atoms with Gasteiger partial charge in [0.1, 0.15) is 6.10 Å². The van der Waals surface area contributed by atoms with E-state index in [1.165, 1.54) is 0 Å². The van der Waals surface area contributed by atoms with Gasteiger partial charge in [-0.2, -0.15) is 0 Å². The third kappa shape index (κ3) is 11.7. The number of rotatable bonds is 29. The fraction of sp³-hybridized carbons (Fsp3) is 1.00. The molecule has 45 heavy (non-hydrogen) atoms. The molecular formula is C37H68O8. The summed E-state index contributed by atoms with van der Waals surface area (Å²) < 4.78 is 43.5. The monoisotopic (exact) mass is 640 g/mol. The predicted octanol–water partition coefficient (Wildman–Crippen LogP) is 7.17. The number of epoxide rings is 3. The summed E-state index contributed by atoms with van der Waals surface area (Å²) in [5.41, 5.74) is -0.656. The Morgan fingerprint density at radius 1 is 0.578 bits per heavy atom. The molecule has 0 aromatic rings. The van der Waals surface area contributed by atoms with Crippen molar-refractivity contribution < 1.29 is 38.3 Å². The number of aliphatic hydroxyl groups is 1. The van der Waals surface area contributed by atoms with Gasteiger partial charge in [-0.05, 0) is 70.6 Å². The Kier molecular flexibility index (Phi) is 14.5. The van der Waals surface area contributed by atoms with Crippen LogP contribution in [0, 0.1) is 5.92 Å². The van der Waals surface area contributed by atoms with Gasteiger partial charge in [0.05, 0.1) is 80.4 Å². The van der Waals surface area contributed by atoms with Gasteiger partial charge >= 0.3 is 0 Å². The van der Waals surface area contributed by atoms with Gasteiger partial charge in [-0.1, -0.05) is 54.4 Å². The first-order chi connectivity index (χ1) is 21.7. The number of hydrogen-bond donors (Lipinski definition) is 1. The van der Waals surface area contributed by atoms with Crippen LogP contribution in [0.15, 0.2) is 0 Å². The van der Waals surface area contributed by atoms with Crippen LogP contribution in [0.25, 0.3) is 0 Å². The first kappa shape index (κ1) is 37.5. The molecule has 7 atom stereocenters. The highest BCUT2D eigenvalue weighted by Crippen LogP contribution is 2.42. The molecule has 0 amide bonds. The SMILES string of the molecule is CCC(CCCCC(CC)(CCOC(CC)(CC)CC1CO1)OC1CC1CO)(CCOC(CC)(CC)CC1CO1)OCC1CO1. The average Bonchev–Trinajstić information content (AvgIpc) is 3.87. The minimum atomic E-state index is -0.231. The summed E-state index contributed by atoms with van der Waals surface area (Å²) in [5, 5.41) is 9.75. The van der Waals surface area contributed by atoms with E-state index in [2.05, 4.69) is 41.5 Å². The third-order valence-electron chi connectivity index (χ3n) is 11.8. The lowest BCUT2D eigenvalue weighted by molar-refractivity contribution is -0.121. The number of aliphatic hydroxyl groups excluding tert-OH is 1. The van der Waals surface area contributed by atoms with Crippen LogP contribution in [-0.2, 0) is 33.2 Å². The fourth-order valence-electron chi connectivity index (χ4n) is 7.32. The van der Waals surface area contributed by atoms with Crippen molar-refractivity contribution in [1.82, 2.24) is 0 Å². The average molecular weight is 641 g/mol. The van der Waals surface area contributed by atoms with Crippen LogP contribution in [-0.4, -0.2) is 98.2 Å². The van der Waals surface area contributed by atoms with Crippen LogP contribution in [0.1, 0.15) is 138 Å². The van der Waals surface area contributed by atoms with Crippen LogP contribution in [0.2, 0.25) is 0 Å². The summed E-state index contributed by atoms with van der Waals surface area (Å²) in [6.45, 7) is 18.3. The second-order valence-electron chi connectivity index (χ2n) is 14.7. The van der Waals surface area contributed by atoms with Crippen molar-refractivity contribution >= 4 is 0 Å². The van der Waals surface area contributed by atoms with Crippen molar-refractivity contribution in [2.45, 2.75) is 185 Å². The lowest BCUT2D eigenvalue weighted by Gasteiger charge is -2.38. The van der Waals surface area contributed by atoms with Crippen LogP contribution < -0.4 is 0 Å². The molecule has 8 nitrogen and oxygen atoms in total. The number of ether oxygens (including phenoxy) is 7. The smallest absolute Gasteiger partial charge is 0.104 e. The van der Waals surface area contributed by atoms with Crippen molar-refractivity contribution in [2.75, 3.05) is 46.2 Å². The van der Waals surface area contributed by atoms with Crippen molar-refractivity contribution in [3.05, 3.63) is 0 Å². The quantitative estimate of drug-likeness (QED) is 0.0680. The van der Waals surface area contributed by atoms with E-state index in [4.69, 9.17) is 33.2 Å². The summed E-state index contributed by atoms with van der Waals surface area (Å²) in [6, 6.07) is 0. The van der Waals surface area contributed by atoms with Gasteiger partial charge in [-0.25, -0.2) is 0 Å². The van der Waals surface area contributed by atoms with Crippen LogP contribution >= 0.6 is 0 Å². The second-order valence-corrected chi connectivity index (χ2v) is 14.7. The topological polar surface area (TPSA) is 94.7 Å². The van der Waals surface area contributed by atoms with Crippen molar-refractivity contribution in [1.29, 1.82) is 0 Å². The Balaban J connectivity index is 1.33. The summed E-state index contributed by atoms with van der Waals surface area (Å²) >= 11 is 0. The Bertz CT molecular complexity index is 834. The zero-order chi connectivity index (χ0) is 32.4. The van der Waals surface area contributed by atoms with Crippen LogP contribution in [0.3, 0.4) is 0 Å². The first-order valence-corrected chi connectivity index (χ1v) is 18.8. The Morgan fingerprint density at radius 2 is 1.02 bits per heavy atom. The molecule has 0 bridgehead atoms. The Labute approximate surface area is 274 Å². The van der Waals surface area contributed by atoms with E-state index in [0.717, 1.165) is 116 Å². The molecule has 0 spiro atoms. The molecule has 7 unspecified atom stereocenters. The van der Waals surface area contributed by atoms with Crippen molar-refractivity contribution in [2.24, 2.45) is 5.92 Å². The van der Waals surface area contributed by atoms with E-state index in [1.807, 2.05) is 0 Å². The molecule has 0 aromatic carbocycles. The molecule has 8 heteroatoms. The molecule has 4 aliphatic rings. The molecule has 0 aromatic heterocycles. The molecule has 4 fully saturated rings. The van der Waals surface area contributed by atoms with Gasteiger partial charge in [0.15, 0.2) is 0 Å². The third-order valence-corrected chi connectivity index (χ3v) is 11.8. The molecule has 1 aliphatic carbocycles. The second kappa shape index (κ2) is 17.4. The van der Waals surface area contributed by atoms with Gasteiger partial charge in [0, 0.05) is 25.4 Å². The molecule has 3 heterocycles. The fourth-order valence-corrected chi connectivity index (χ4v) is 7.32. The molecule has 264 valence electrons. The minimum absolute atomic E-state index is 0.103. The molecule has 0 radical (unpaired) electrons. The maximum Gasteiger partial charge on any atom is 0.104 e. The van der Waals surface area contributed by atoms with Gasteiger partial charge in [-0.3, -0.25) is 0 Å². The van der Waals surface area contributed by atoms with Crippen LogP contribution in [0.5, 0.6) is 0 Å². The lowest BCUT2D eigenvalue weighted by Crippen LogP contribution is -2.39. The van der Waals surface area contributed by atoms with E-state index in [-0.39, 0.29) is 47.1 Å². The molecule has 4 rings (SSSR count). The minimum Gasteiger partial charge on any atom is -0.396 e. The van der Waals surface area contributed by atoms with Gasteiger partial charge in [0.2, 0.25) is 0 Å². The maximum atomic E-state index is 9.75. The molecular weight excluding hydrogens is 572 g/mol. The number of unbranched alkanes of at least 4 members (excludes halogenated alkanes) is 1. The molecule has 3 saturated heterocycles. The molecule has 1 saturated carbocycles. The molecule has 3 aliphatic heterocycles. The van der Waals surface area contributed by atoms with Gasteiger partial charge < -0.3 is 38.3 Å². The van der Waals surface area contributed by atoms with E-state index >= 15 is 0 Å². The zero-order valence-corrected chi connectivity index (χ0v) is 29.7. The predicted molar refractivity (Wildman–Crippen MR) is 177 cm³/mol. The van der Waals surface area contributed by atoms with Crippen molar-refractivity contribution in [3.63, 3.8) is 0 Å². The highest BCUT2D eigenvalue weighted by atomic mass is 16.6. The van der Waals surface area contributed by atoms with Crippen molar-refractivity contribution in [3.8, 4) is 0 Å². The lowest BCUT2D eigenvalue weighted by atomic mass is 9.85. The van der Waals surface area contributed by atoms with E-state index in [0.29, 0.717) is 32.0 Å².